The monoisotopic (exact) mass is 406 g/mol. The molecule has 0 bridgehead atoms. The molecular formula is C20H30N4O5. The number of ether oxygens (including phenoxy) is 1. The summed E-state index contributed by atoms with van der Waals surface area (Å²) in [4.78, 5) is 37.5. The van der Waals surface area contributed by atoms with Crippen LogP contribution in [0.2, 0.25) is 0 Å². The third-order valence-electron chi connectivity index (χ3n) is 4.92. The zero-order chi connectivity index (χ0) is 21.6. The highest BCUT2D eigenvalue weighted by Gasteiger charge is 2.33. The first-order valence-electron chi connectivity index (χ1n) is 9.72. The number of methoxy groups -OCH3 is 1. The van der Waals surface area contributed by atoms with Gasteiger partial charge in [0.1, 0.15) is 17.8 Å². The average molecular weight is 406 g/mol. The van der Waals surface area contributed by atoms with Crippen LogP contribution in [0.5, 0.6) is 5.75 Å². The number of phenols is 1. The van der Waals surface area contributed by atoms with E-state index >= 15 is 0 Å². The van der Waals surface area contributed by atoms with Gasteiger partial charge in [0.25, 0.3) is 5.91 Å². The summed E-state index contributed by atoms with van der Waals surface area (Å²) in [5.74, 6) is -1.28. The van der Waals surface area contributed by atoms with Crippen LogP contribution in [0.25, 0.3) is 0 Å². The van der Waals surface area contributed by atoms with Crippen molar-refractivity contribution in [1.82, 2.24) is 15.8 Å². The molecule has 1 heterocycles. The lowest BCUT2D eigenvalue weighted by Crippen LogP contribution is -2.61. The van der Waals surface area contributed by atoms with E-state index in [-0.39, 0.29) is 24.0 Å². The van der Waals surface area contributed by atoms with Gasteiger partial charge in [-0.1, -0.05) is 26.0 Å². The maximum absolute atomic E-state index is 13.2. The molecular weight excluding hydrogens is 376 g/mol. The lowest BCUT2D eigenvalue weighted by atomic mass is 10.0. The number of nitrogens with zero attached hydrogens (tertiary/aromatic N) is 1. The van der Waals surface area contributed by atoms with Gasteiger partial charge in [-0.3, -0.25) is 19.4 Å². The smallest absolute Gasteiger partial charge is 0.324 e. The largest absolute Gasteiger partial charge is 0.508 e. The number of nitrogens with two attached hydrogens (primary N) is 1. The molecule has 3 atom stereocenters. The molecule has 1 aliphatic heterocycles. The molecule has 160 valence electrons. The summed E-state index contributed by atoms with van der Waals surface area (Å²) in [6, 6.07) is 4.21. The maximum Gasteiger partial charge on any atom is 0.324 e. The Morgan fingerprint density at radius 1 is 1.38 bits per heavy atom. The van der Waals surface area contributed by atoms with E-state index in [1.165, 1.54) is 24.3 Å². The number of esters is 1. The Balaban J connectivity index is 2.19. The van der Waals surface area contributed by atoms with Crippen LogP contribution in [0.15, 0.2) is 24.3 Å². The van der Waals surface area contributed by atoms with Crippen LogP contribution < -0.4 is 16.5 Å². The number of phenolic OH excluding ortho intramolecular Hbond substituents is 1. The number of hydrogen-bond acceptors (Lipinski definition) is 7. The summed E-state index contributed by atoms with van der Waals surface area (Å²) in [6.45, 7) is 4.04. The minimum atomic E-state index is -0.905. The standard InChI is InChI=1S/C20H30N4O5/c1-12(2)17(21)18(26)22-16(11-13-6-4-7-14(25)10-13)19(27)24-9-5-8-15(23-24)20(28)29-3/h4,6-7,10,12,15-17,23,25H,5,8-9,11,21H2,1-3H3,(H,22,26)/t15-,16?,17-/m0/s1. The van der Waals surface area contributed by atoms with E-state index < -0.39 is 30.0 Å². The number of aromatic hydroxyl groups is 1. The highest BCUT2D eigenvalue weighted by molar-refractivity contribution is 5.90. The minimum Gasteiger partial charge on any atom is -0.508 e. The zero-order valence-electron chi connectivity index (χ0n) is 17.1. The molecule has 2 amide bonds. The number of nitrogens with one attached hydrogen (secondary N) is 2. The molecule has 1 aromatic carbocycles. The molecule has 0 aromatic heterocycles. The summed E-state index contributed by atoms with van der Waals surface area (Å²) in [5.41, 5.74) is 9.50. The van der Waals surface area contributed by atoms with Gasteiger partial charge in [-0.05, 0) is 36.5 Å². The van der Waals surface area contributed by atoms with E-state index in [9.17, 15) is 19.5 Å². The number of hydrogen-bond donors (Lipinski definition) is 4. The molecule has 1 unspecified atom stereocenters. The number of benzene rings is 1. The van der Waals surface area contributed by atoms with E-state index in [1.54, 1.807) is 12.1 Å². The molecule has 9 heteroatoms. The summed E-state index contributed by atoms with van der Waals surface area (Å²) in [6.07, 6.45) is 1.35. The fraction of sp³-hybridized carbons (Fsp3) is 0.550. The Morgan fingerprint density at radius 3 is 2.72 bits per heavy atom. The fourth-order valence-corrected chi connectivity index (χ4v) is 3.14. The number of rotatable bonds is 7. The predicted molar refractivity (Wildman–Crippen MR) is 106 cm³/mol. The first kappa shape index (κ1) is 22.6. The molecule has 9 nitrogen and oxygen atoms in total. The third kappa shape index (κ3) is 6.16. The van der Waals surface area contributed by atoms with E-state index in [4.69, 9.17) is 10.5 Å². The number of amides is 2. The second-order valence-corrected chi connectivity index (χ2v) is 7.54. The molecule has 1 saturated heterocycles. The molecule has 0 spiro atoms. The first-order valence-corrected chi connectivity index (χ1v) is 9.72. The molecule has 29 heavy (non-hydrogen) atoms. The minimum absolute atomic E-state index is 0.0701. The van der Waals surface area contributed by atoms with Gasteiger partial charge in [0.2, 0.25) is 5.91 Å². The third-order valence-corrected chi connectivity index (χ3v) is 4.92. The lowest BCUT2D eigenvalue weighted by Gasteiger charge is -2.35. The van der Waals surface area contributed by atoms with Crippen molar-refractivity contribution < 1.29 is 24.2 Å². The van der Waals surface area contributed by atoms with Gasteiger partial charge < -0.3 is 20.9 Å². The van der Waals surface area contributed by atoms with Crippen LogP contribution in [0.4, 0.5) is 0 Å². The van der Waals surface area contributed by atoms with Gasteiger partial charge in [0.15, 0.2) is 0 Å². The summed E-state index contributed by atoms with van der Waals surface area (Å²) < 4.78 is 4.76. The number of carbonyl (C=O) groups is 3. The van der Waals surface area contributed by atoms with Crippen molar-refractivity contribution in [3.05, 3.63) is 29.8 Å². The fourth-order valence-electron chi connectivity index (χ4n) is 3.14. The van der Waals surface area contributed by atoms with E-state index in [2.05, 4.69) is 10.7 Å². The topological polar surface area (TPSA) is 134 Å². The van der Waals surface area contributed by atoms with Gasteiger partial charge in [-0.15, -0.1) is 0 Å². The first-order chi connectivity index (χ1) is 13.7. The Morgan fingerprint density at radius 2 is 2.10 bits per heavy atom. The highest BCUT2D eigenvalue weighted by Crippen LogP contribution is 2.15. The molecule has 0 radical (unpaired) electrons. The quantitative estimate of drug-likeness (QED) is 0.471. The van der Waals surface area contributed by atoms with Crippen LogP contribution in [-0.4, -0.2) is 59.7 Å². The Kier molecular flexibility index (Phi) is 7.98. The van der Waals surface area contributed by atoms with Crippen molar-refractivity contribution in [3.63, 3.8) is 0 Å². The van der Waals surface area contributed by atoms with Crippen molar-refractivity contribution in [3.8, 4) is 5.75 Å². The van der Waals surface area contributed by atoms with Crippen LogP contribution in [0.1, 0.15) is 32.3 Å². The van der Waals surface area contributed by atoms with Gasteiger partial charge in [-0.2, -0.15) is 0 Å². The Bertz CT molecular complexity index is 739. The van der Waals surface area contributed by atoms with Crippen LogP contribution >= 0.6 is 0 Å². The normalized spacial score (nSPS) is 18.8. The van der Waals surface area contributed by atoms with E-state index in [0.717, 1.165) is 0 Å². The molecule has 1 fully saturated rings. The number of hydrazine groups is 1. The lowest BCUT2D eigenvalue weighted by molar-refractivity contribution is -0.151. The predicted octanol–water partition coefficient (Wildman–Crippen LogP) is 0.0714. The SMILES string of the molecule is COC(=O)[C@@H]1CCCN(C(=O)C(Cc2cccc(O)c2)NC(=O)[C@@H](N)C(C)C)N1. The van der Waals surface area contributed by atoms with E-state index in [0.29, 0.717) is 24.9 Å². The molecule has 5 N–H and O–H groups in total. The van der Waals surface area contributed by atoms with Crippen molar-refractivity contribution in [1.29, 1.82) is 0 Å². The van der Waals surface area contributed by atoms with Crippen LogP contribution in [0.3, 0.4) is 0 Å². The van der Waals surface area contributed by atoms with E-state index in [1.807, 2.05) is 13.8 Å². The Hall–Kier alpha value is -2.65. The van der Waals surface area contributed by atoms with Crippen LogP contribution in [-0.2, 0) is 25.5 Å². The van der Waals surface area contributed by atoms with Crippen molar-refractivity contribution in [2.24, 2.45) is 11.7 Å². The van der Waals surface area contributed by atoms with Gasteiger partial charge in [0, 0.05) is 13.0 Å². The van der Waals surface area contributed by atoms with Gasteiger partial charge in [-0.25, -0.2) is 5.43 Å². The second kappa shape index (κ2) is 10.2. The summed E-state index contributed by atoms with van der Waals surface area (Å²) >= 11 is 0. The molecule has 2 rings (SSSR count). The number of carbonyl (C=O) groups excluding carboxylic acids is 3. The molecule has 1 aliphatic rings. The highest BCUT2D eigenvalue weighted by atomic mass is 16.5. The van der Waals surface area contributed by atoms with Crippen molar-refractivity contribution >= 4 is 17.8 Å². The Labute approximate surface area is 170 Å². The second-order valence-electron chi connectivity index (χ2n) is 7.54. The van der Waals surface area contributed by atoms with Crippen LogP contribution in [0, 0.1) is 5.92 Å². The maximum atomic E-state index is 13.2. The van der Waals surface area contributed by atoms with Crippen molar-refractivity contribution in [2.45, 2.75) is 51.2 Å². The zero-order valence-corrected chi connectivity index (χ0v) is 17.1. The molecule has 0 saturated carbocycles. The molecule has 0 aliphatic carbocycles. The summed E-state index contributed by atoms with van der Waals surface area (Å²) in [5, 5.41) is 13.8. The van der Waals surface area contributed by atoms with Gasteiger partial charge >= 0.3 is 5.97 Å². The average Bonchev–Trinajstić information content (AvgIpc) is 2.71. The molecule has 1 aromatic rings. The summed E-state index contributed by atoms with van der Waals surface area (Å²) in [7, 11) is 1.29. The van der Waals surface area contributed by atoms with Gasteiger partial charge in [0.05, 0.1) is 13.2 Å². The van der Waals surface area contributed by atoms with Crippen molar-refractivity contribution in [2.75, 3.05) is 13.7 Å².